The van der Waals surface area contributed by atoms with Crippen LogP contribution in [0.2, 0.25) is 0 Å². The molecular formula is C12H14N2O3S. The number of aliphatic imine (C=N–C) groups is 1. The summed E-state index contributed by atoms with van der Waals surface area (Å²) in [5.74, 6) is 0. The molecule has 6 heteroatoms. The van der Waals surface area contributed by atoms with Crippen molar-refractivity contribution in [2.45, 2.75) is 17.7 Å². The first kappa shape index (κ1) is 12.8. The lowest BCUT2D eigenvalue weighted by atomic mass is 10.2. The van der Waals surface area contributed by atoms with Crippen molar-refractivity contribution >= 4 is 27.3 Å². The molecule has 0 atom stereocenters. The largest absolute Gasteiger partial charge is 0.370 e. The van der Waals surface area contributed by atoms with E-state index >= 15 is 0 Å². The Morgan fingerprint density at radius 1 is 1.28 bits per heavy atom. The summed E-state index contributed by atoms with van der Waals surface area (Å²) in [6, 6.07) is 4.65. The van der Waals surface area contributed by atoms with Crippen molar-refractivity contribution in [1.82, 2.24) is 0 Å². The number of rotatable bonds is 3. The first-order chi connectivity index (χ1) is 8.52. The minimum Gasteiger partial charge on any atom is -0.370 e. The van der Waals surface area contributed by atoms with Gasteiger partial charge in [-0.2, -0.15) is 4.99 Å². The van der Waals surface area contributed by atoms with E-state index in [0.29, 0.717) is 11.4 Å². The molecule has 1 aromatic rings. The first-order valence-corrected chi connectivity index (χ1v) is 7.58. The fourth-order valence-electron chi connectivity index (χ4n) is 2.15. The monoisotopic (exact) mass is 266 g/mol. The topological polar surface area (TPSA) is 66.8 Å². The molecule has 0 aromatic heterocycles. The van der Waals surface area contributed by atoms with Gasteiger partial charge in [0.1, 0.15) is 0 Å². The van der Waals surface area contributed by atoms with Gasteiger partial charge < -0.3 is 4.90 Å². The van der Waals surface area contributed by atoms with Crippen molar-refractivity contribution in [1.29, 1.82) is 0 Å². The number of anilines is 1. The molecule has 1 heterocycles. The summed E-state index contributed by atoms with van der Waals surface area (Å²) in [5.41, 5.74) is 1.06. The second kappa shape index (κ2) is 4.92. The Morgan fingerprint density at radius 2 is 1.94 bits per heavy atom. The van der Waals surface area contributed by atoms with Crippen molar-refractivity contribution in [2.24, 2.45) is 4.99 Å². The van der Waals surface area contributed by atoms with Crippen LogP contribution in [-0.4, -0.2) is 33.8 Å². The summed E-state index contributed by atoms with van der Waals surface area (Å²) in [6.07, 6.45) is 4.74. The Balaban J connectivity index is 2.56. The number of nitrogens with zero attached hydrogens (tertiary/aromatic N) is 2. The van der Waals surface area contributed by atoms with E-state index in [1.165, 1.54) is 24.5 Å². The zero-order valence-corrected chi connectivity index (χ0v) is 10.9. The lowest BCUT2D eigenvalue weighted by Crippen LogP contribution is -2.20. The molecular weight excluding hydrogens is 252 g/mol. The lowest BCUT2D eigenvalue weighted by molar-refractivity contribution is 0.565. The Bertz CT molecular complexity index is 598. The number of hydrogen-bond acceptors (Lipinski definition) is 5. The first-order valence-electron chi connectivity index (χ1n) is 5.69. The molecule has 96 valence electrons. The van der Waals surface area contributed by atoms with Gasteiger partial charge >= 0.3 is 0 Å². The van der Waals surface area contributed by atoms with Crippen molar-refractivity contribution < 1.29 is 13.2 Å². The highest BCUT2D eigenvalue weighted by Crippen LogP contribution is 2.31. The quantitative estimate of drug-likeness (QED) is 0.616. The average molecular weight is 266 g/mol. The molecule has 0 saturated carbocycles. The molecule has 5 nitrogen and oxygen atoms in total. The molecule has 1 aromatic carbocycles. The summed E-state index contributed by atoms with van der Waals surface area (Å²) in [6.45, 7) is 1.66. The third-order valence-corrected chi connectivity index (χ3v) is 4.11. The standard InChI is InChI=1S/C12H14N2O3S/c1-18(16,17)12-5-4-10(13-9-15)8-11(12)14-6-2-3-7-14/h4-5,8H,2-3,6-7H2,1H3. The van der Waals surface area contributed by atoms with Gasteiger partial charge in [-0.1, -0.05) is 0 Å². The van der Waals surface area contributed by atoms with E-state index in [2.05, 4.69) is 4.99 Å². The number of benzene rings is 1. The molecule has 0 aliphatic carbocycles. The molecule has 0 radical (unpaired) electrons. The van der Waals surface area contributed by atoms with Crippen LogP contribution in [0, 0.1) is 0 Å². The minimum absolute atomic E-state index is 0.286. The van der Waals surface area contributed by atoms with Crippen LogP contribution in [0.1, 0.15) is 12.8 Å². The maximum absolute atomic E-state index is 11.7. The Labute approximate surface area is 106 Å². The van der Waals surface area contributed by atoms with Crippen molar-refractivity contribution in [3.63, 3.8) is 0 Å². The summed E-state index contributed by atoms with van der Waals surface area (Å²) in [5, 5.41) is 0. The van der Waals surface area contributed by atoms with Gasteiger partial charge in [-0.3, -0.25) is 0 Å². The minimum atomic E-state index is -3.28. The fraction of sp³-hybridized carbons (Fsp3) is 0.417. The van der Waals surface area contributed by atoms with Gasteiger partial charge in [0, 0.05) is 19.3 Å². The molecule has 1 fully saturated rings. The molecule has 18 heavy (non-hydrogen) atoms. The third kappa shape index (κ3) is 2.60. The van der Waals surface area contributed by atoms with E-state index in [1.54, 1.807) is 6.07 Å². The predicted octanol–water partition coefficient (Wildman–Crippen LogP) is 1.66. The van der Waals surface area contributed by atoms with Crippen LogP contribution >= 0.6 is 0 Å². The van der Waals surface area contributed by atoms with Crippen LogP contribution in [-0.2, 0) is 14.6 Å². The molecule has 2 rings (SSSR count). The zero-order valence-electron chi connectivity index (χ0n) is 10.1. The second-order valence-electron chi connectivity index (χ2n) is 4.32. The second-order valence-corrected chi connectivity index (χ2v) is 6.31. The highest BCUT2D eigenvalue weighted by atomic mass is 32.2. The smallest absolute Gasteiger partial charge is 0.240 e. The fourth-order valence-corrected chi connectivity index (χ4v) is 3.03. The molecule has 0 unspecified atom stereocenters. The van der Waals surface area contributed by atoms with Crippen LogP contribution in [0.15, 0.2) is 28.1 Å². The third-order valence-electron chi connectivity index (χ3n) is 2.96. The maximum Gasteiger partial charge on any atom is 0.240 e. The lowest BCUT2D eigenvalue weighted by Gasteiger charge is -2.20. The Kier molecular flexibility index (Phi) is 3.50. The summed E-state index contributed by atoms with van der Waals surface area (Å²) in [4.78, 5) is 16.1. The predicted molar refractivity (Wildman–Crippen MR) is 68.8 cm³/mol. The van der Waals surface area contributed by atoms with Gasteiger partial charge in [-0.15, -0.1) is 0 Å². The normalized spacial score (nSPS) is 15.5. The number of sulfone groups is 1. The molecule has 0 amide bonds. The highest BCUT2D eigenvalue weighted by molar-refractivity contribution is 7.90. The summed E-state index contributed by atoms with van der Waals surface area (Å²) in [7, 11) is -3.28. The number of carbonyl (C=O) groups excluding carboxylic acids is 1. The van der Waals surface area contributed by atoms with E-state index in [-0.39, 0.29) is 4.90 Å². The Hall–Kier alpha value is -1.65. The average Bonchev–Trinajstić information content (AvgIpc) is 2.81. The molecule has 0 bridgehead atoms. The van der Waals surface area contributed by atoms with Crippen molar-refractivity contribution in [2.75, 3.05) is 24.2 Å². The van der Waals surface area contributed by atoms with E-state index in [1.807, 2.05) is 4.90 Å². The number of hydrogen-bond donors (Lipinski definition) is 0. The summed E-state index contributed by atoms with van der Waals surface area (Å²) >= 11 is 0. The Morgan fingerprint density at radius 3 is 2.50 bits per heavy atom. The van der Waals surface area contributed by atoms with Gasteiger partial charge in [-0.25, -0.2) is 13.2 Å². The van der Waals surface area contributed by atoms with Crippen LogP contribution in [0.5, 0.6) is 0 Å². The maximum atomic E-state index is 11.7. The van der Waals surface area contributed by atoms with Gasteiger partial charge in [0.25, 0.3) is 0 Å². The molecule has 1 aliphatic rings. The van der Waals surface area contributed by atoms with Crippen LogP contribution < -0.4 is 4.90 Å². The van der Waals surface area contributed by atoms with E-state index < -0.39 is 9.84 Å². The van der Waals surface area contributed by atoms with Gasteiger partial charge in [-0.05, 0) is 31.0 Å². The van der Waals surface area contributed by atoms with E-state index in [0.717, 1.165) is 25.9 Å². The number of isocyanates is 1. The highest BCUT2D eigenvalue weighted by Gasteiger charge is 2.21. The molecule has 1 aliphatic heterocycles. The van der Waals surface area contributed by atoms with Gasteiger partial charge in [0.05, 0.1) is 16.3 Å². The van der Waals surface area contributed by atoms with Gasteiger partial charge in [0.2, 0.25) is 6.08 Å². The van der Waals surface area contributed by atoms with Crippen molar-refractivity contribution in [3.05, 3.63) is 18.2 Å². The van der Waals surface area contributed by atoms with Crippen LogP contribution in [0.4, 0.5) is 11.4 Å². The molecule has 0 spiro atoms. The van der Waals surface area contributed by atoms with Crippen LogP contribution in [0.3, 0.4) is 0 Å². The SMILES string of the molecule is CS(=O)(=O)c1ccc(N=C=O)cc1N1CCCC1. The van der Waals surface area contributed by atoms with Gasteiger partial charge in [0.15, 0.2) is 9.84 Å². The summed E-state index contributed by atoms with van der Waals surface area (Å²) < 4.78 is 23.5. The zero-order chi connectivity index (χ0) is 13.2. The molecule has 1 saturated heterocycles. The van der Waals surface area contributed by atoms with Crippen molar-refractivity contribution in [3.8, 4) is 0 Å². The van der Waals surface area contributed by atoms with Crippen LogP contribution in [0.25, 0.3) is 0 Å². The van der Waals surface area contributed by atoms with E-state index in [9.17, 15) is 13.2 Å². The molecule has 0 N–H and O–H groups in total. The van der Waals surface area contributed by atoms with E-state index in [4.69, 9.17) is 0 Å².